The van der Waals surface area contributed by atoms with Crippen molar-refractivity contribution in [3.63, 3.8) is 0 Å². The molecule has 0 spiro atoms. The molecule has 6 nitrogen and oxygen atoms in total. The molecule has 2 aromatic heterocycles. The Morgan fingerprint density at radius 1 is 1.12 bits per heavy atom. The predicted molar refractivity (Wildman–Crippen MR) is 97.2 cm³/mol. The number of carbonyl (C=O) groups is 1. The highest BCUT2D eigenvalue weighted by Gasteiger charge is 2.11. The number of rotatable bonds is 6. The molecule has 3 rings (SSSR count). The average Bonchev–Trinajstić information content (AvgIpc) is 2.92. The van der Waals surface area contributed by atoms with Gasteiger partial charge in [0.2, 0.25) is 5.91 Å². The molecule has 3 aromatic rings. The highest BCUT2D eigenvalue weighted by molar-refractivity contribution is 6.36. The van der Waals surface area contributed by atoms with E-state index >= 15 is 0 Å². The number of aryl methyl sites for hydroxylation is 1. The van der Waals surface area contributed by atoms with Crippen LogP contribution in [0.25, 0.3) is 5.65 Å². The molecule has 0 unspecified atom stereocenters. The lowest BCUT2D eigenvalue weighted by atomic mass is 10.1. The van der Waals surface area contributed by atoms with Crippen LogP contribution in [0.3, 0.4) is 0 Å². The molecule has 130 valence electrons. The minimum atomic E-state index is -0.190. The number of pyridine rings is 1. The largest absolute Gasteiger partial charge is 0.356 e. The van der Waals surface area contributed by atoms with Crippen molar-refractivity contribution in [1.29, 1.82) is 0 Å². The molecule has 0 atom stereocenters. The van der Waals surface area contributed by atoms with E-state index in [0.29, 0.717) is 40.8 Å². The van der Waals surface area contributed by atoms with Gasteiger partial charge in [0.05, 0.1) is 6.42 Å². The number of benzene rings is 1. The van der Waals surface area contributed by atoms with Crippen LogP contribution < -0.4 is 11.0 Å². The van der Waals surface area contributed by atoms with Gasteiger partial charge in [-0.2, -0.15) is 0 Å². The van der Waals surface area contributed by atoms with Crippen LogP contribution in [0.15, 0.2) is 47.4 Å². The molecule has 0 radical (unpaired) electrons. The number of carbonyl (C=O) groups excluding carboxylic acids is 1. The highest BCUT2D eigenvalue weighted by Crippen LogP contribution is 2.24. The van der Waals surface area contributed by atoms with E-state index in [1.165, 1.54) is 9.08 Å². The third kappa shape index (κ3) is 4.03. The van der Waals surface area contributed by atoms with Crippen molar-refractivity contribution in [2.24, 2.45) is 0 Å². The van der Waals surface area contributed by atoms with E-state index in [-0.39, 0.29) is 18.0 Å². The molecular weight excluding hydrogens is 363 g/mol. The zero-order valence-corrected chi connectivity index (χ0v) is 14.8. The van der Waals surface area contributed by atoms with E-state index in [2.05, 4.69) is 10.4 Å². The lowest BCUT2D eigenvalue weighted by Gasteiger charge is -2.08. The van der Waals surface area contributed by atoms with E-state index in [4.69, 9.17) is 23.2 Å². The van der Waals surface area contributed by atoms with Crippen LogP contribution >= 0.6 is 23.2 Å². The smallest absolute Gasteiger partial charge is 0.350 e. The number of amides is 1. The number of aromatic nitrogens is 3. The van der Waals surface area contributed by atoms with Gasteiger partial charge in [-0.3, -0.25) is 9.20 Å². The van der Waals surface area contributed by atoms with Crippen molar-refractivity contribution in [3.05, 3.63) is 68.7 Å². The Morgan fingerprint density at radius 3 is 2.60 bits per heavy atom. The van der Waals surface area contributed by atoms with Crippen molar-refractivity contribution in [2.75, 3.05) is 6.54 Å². The van der Waals surface area contributed by atoms with Gasteiger partial charge in [-0.05, 0) is 36.2 Å². The molecule has 0 saturated carbocycles. The Kier molecular flexibility index (Phi) is 5.40. The molecule has 0 aliphatic carbocycles. The molecule has 8 heteroatoms. The quantitative estimate of drug-likeness (QED) is 0.670. The summed E-state index contributed by atoms with van der Waals surface area (Å²) < 4.78 is 2.88. The number of halogens is 2. The zero-order chi connectivity index (χ0) is 17.8. The molecule has 0 aliphatic heterocycles. The Balaban J connectivity index is 1.52. The summed E-state index contributed by atoms with van der Waals surface area (Å²) >= 11 is 12.1. The van der Waals surface area contributed by atoms with Gasteiger partial charge in [-0.15, -0.1) is 5.10 Å². The SMILES string of the molecule is O=C(Cc1c(Cl)cccc1Cl)NCCCn1nc2ccccn2c1=O. The van der Waals surface area contributed by atoms with Gasteiger partial charge in [0, 0.05) is 29.3 Å². The maximum atomic E-state index is 12.1. The summed E-state index contributed by atoms with van der Waals surface area (Å²) in [5, 5.41) is 7.98. The maximum absolute atomic E-state index is 12.1. The third-order valence-corrected chi connectivity index (χ3v) is 4.46. The molecule has 1 amide bonds. The van der Waals surface area contributed by atoms with Gasteiger partial charge in [0.1, 0.15) is 0 Å². The second kappa shape index (κ2) is 7.72. The molecule has 1 aromatic carbocycles. The zero-order valence-electron chi connectivity index (χ0n) is 13.3. The van der Waals surface area contributed by atoms with Gasteiger partial charge >= 0.3 is 5.69 Å². The van der Waals surface area contributed by atoms with Gasteiger partial charge < -0.3 is 5.32 Å². The fourth-order valence-electron chi connectivity index (χ4n) is 2.49. The number of fused-ring (bicyclic) bond motifs is 1. The van der Waals surface area contributed by atoms with Crippen LogP contribution in [0.2, 0.25) is 10.0 Å². The minimum absolute atomic E-state index is 0.118. The molecule has 1 N–H and O–H groups in total. The van der Waals surface area contributed by atoms with E-state index in [1.807, 2.05) is 6.07 Å². The van der Waals surface area contributed by atoms with Crippen molar-refractivity contribution in [3.8, 4) is 0 Å². The molecule has 0 saturated heterocycles. The van der Waals surface area contributed by atoms with Crippen molar-refractivity contribution < 1.29 is 4.79 Å². The lowest BCUT2D eigenvalue weighted by molar-refractivity contribution is -0.120. The van der Waals surface area contributed by atoms with E-state index in [0.717, 1.165) is 0 Å². The Morgan fingerprint density at radius 2 is 1.88 bits per heavy atom. The second-order valence-electron chi connectivity index (χ2n) is 5.52. The third-order valence-electron chi connectivity index (χ3n) is 3.76. The van der Waals surface area contributed by atoms with Crippen LogP contribution in [0.5, 0.6) is 0 Å². The van der Waals surface area contributed by atoms with Crippen LogP contribution in [0.4, 0.5) is 0 Å². The Bertz CT molecular complexity index is 944. The fraction of sp³-hybridized carbons (Fsp3) is 0.235. The fourth-order valence-corrected chi connectivity index (χ4v) is 3.03. The number of nitrogens with zero attached hydrogens (tertiary/aromatic N) is 3. The molecule has 0 fully saturated rings. The monoisotopic (exact) mass is 378 g/mol. The molecule has 2 heterocycles. The van der Waals surface area contributed by atoms with E-state index in [9.17, 15) is 9.59 Å². The molecule has 25 heavy (non-hydrogen) atoms. The first-order chi connectivity index (χ1) is 12.1. The summed E-state index contributed by atoms with van der Waals surface area (Å²) in [6, 6.07) is 10.5. The first-order valence-electron chi connectivity index (χ1n) is 7.80. The van der Waals surface area contributed by atoms with Gasteiger partial charge in [-0.1, -0.05) is 35.3 Å². The maximum Gasteiger partial charge on any atom is 0.350 e. The first kappa shape index (κ1) is 17.5. The normalized spacial score (nSPS) is 11.0. The number of nitrogens with one attached hydrogen (secondary N) is 1. The molecular formula is C17H16Cl2N4O2. The van der Waals surface area contributed by atoms with Crippen LogP contribution in [-0.4, -0.2) is 26.6 Å². The summed E-state index contributed by atoms with van der Waals surface area (Å²) in [4.78, 5) is 24.1. The Labute approximate surface area is 154 Å². The van der Waals surface area contributed by atoms with Crippen LogP contribution in [0.1, 0.15) is 12.0 Å². The van der Waals surface area contributed by atoms with E-state index < -0.39 is 0 Å². The minimum Gasteiger partial charge on any atom is -0.356 e. The van der Waals surface area contributed by atoms with Crippen LogP contribution in [0, 0.1) is 0 Å². The summed E-state index contributed by atoms with van der Waals surface area (Å²) in [7, 11) is 0. The van der Waals surface area contributed by atoms with Crippen molar-refractivity contribution >= 4 is 34.8 Å². The number of hydrogen-bond donors (Lipinski definition) is 1. The van der Waals surface area contributed by atoms with Crippen molar-refractivity contribution in [2.45, 2.75) is 19.4 Å². The standard InChI is InChI=1S/C17H16Cl2N4O2/c18-13-5-3-6-14(19)12(13)11-16(24)20-8-4-10-23-17(25)22-9-2-1-7-15(22)21-23/h1-3,5-7,9H,4,8,10-11H2,(H,20,24). The number of hydrogen-bond acceptors (Lipinski definition) is 3. The van der Waals surface area contributed by atoms with E-state index in [1.54, 1.807) is 36.5 Å². The predicted octanol–water partition coefficient (Wildman–Crippen LogP) is 2.55. The highest BCUT2D eigenvalue weighted by atomic mass is 35.5. The summed E-state index contributed by atoms with van der Waals surface area (Å²) in [5.74, 6) is -0.169. The van der Waals surface area contributed by atoms with Gasteiger partial charge in [0.15, 0.2) is 5.65 Å². The average molecular weight is 379 g/mol. The van der Waals surface area contributed by atoms with Gasteiger partial charge in [0.25, 0.3) is 0 Å². The van der Waals surface area contributed by atoms with Crippen LogP contribution in [-0.2, 0) is 17.8 Å². The lowest BCUT2D eigenvalue weighted by Crippen LogP contribution is -2.28. The topological polar surface area (TPSA) is 68.4 Å². The summed E-state index contributed by atoms with van der Waals surface area (Å²) in [6.07, 6.45) is 2.38. The van der Waals surface area contributed by atoms with Crippen molar-refractivity contribution in [1.82, 2.24) is 19.5 Å². The molecule has 0 aliphatic rings. The second-order valence-corrected chi connectivity index (χ2v) is 6.33. The summed E-state index contributed by atoms with van der Waals surface area (Å²) in [6.45, 7) is 0.856. The first-order valence-corrected chi connectivity index (χ1v) is 8.55. The molecule has 0 bridgehead atoms. The summed E-state index contributed by atoms with van der Waals surface area (Å²) in [5.41, 5.74) is 1.02. The van der Waals surface area contributed by atoms with Gasteiger partial charge in [-0.25, -0.2) is 9.48 Å². The Hall–Kier alpha value is -2.31.